The molecule has 2 heteroatoms. The summed E-state index contributed by atoms with van der Waals surface area (Å²) in [6.45, 7) is 0. The number of aldehydes is 1. The van der Waals surface area contributed by atoms with E-state index in [-0.39, 0.29) is 0 Å². The molecule has 1 heterocycles. The molecule has 0 radical (unpaired) electrons. The van der Waals surface area contributed by atoms with E-state index in [0.29, 0.717) is 0 Å². The van der Waals surface area contributed by atoms with Crippen molar-refractivity contribution in [1.29, 1.82) is 0 Å². The molecule has 0 bridgehead atoms. The maximum absolute atomic E-state index is 11.7. The first kappa shape index (κ1) is 11.9. The lowest BCUT2D eigenvalue weighted by molar-refractivity contribution is 0.112. The largest absolute Gasteiger partial charge is 0.354 e. The zero-order chi connectivity index (χ0) is 14.2. The van der Waals surface area contributed by atoms with Crippen LogP contribution < -0.4 is 0 Å². The smallest absolute Gasteiger partial charge is 0.152 e. The Bertz CT molecular complexity index is 951. The topological polar surface area (TPSA) is 32.9 Å². The number of benzene rings is 3. The van der Waals surface area contributed by atoms with Gasteiger partial charge in [-0.15, -0.1) is 0 Å². The first-order valence-corrected chi connectivity index (χ1v) is 6.92. The quantitative estimate of drug-likeness (QED) is 0.522. The van der Waals surface area contributed by atoms with Crippen molar-refractivity contribution in [3.05, 3.63) is 72.3 Å². The normalized spacial score (nSPS) is 11.0. The van der Waals surface area contributed by atoms with Crippen LogP contribution in [0.4, 0.5) is 0 Å². The van der Waals surface area contributed by atoms with Gasteiger partial charge in [-0.05, 0) is 17.2 Å². The van der Waals surface area contributed by atoms with Crippen LogP contribution in [0, 0.1) is 0 Å². The van der Waals surface area contributed by atoms with Crippen LogP contribution in [0.5, 0.6) is 0 Å². The van der Waals surface area contributed by atoms with Crippen molar-refractivity contribution in [2.24, 2.45) is 0 Å². The Balaban J connectivity index is 2.11. The molecule has 4 rings (SSSR count). The molecular weight excluding hydrogens is 258 g/mol. The van der Waals surface area contributed by atoms with Gasteiger partial charge in [0.2, 0.25) is 0 Å². The minimum atomic E-state index is 0.718. The number of carbonyl (C=O) groups is 1. The predicted molar refractivity (Wildman–Crippen MR) is 86.6 cm³/mol. The summed E-state index contributed by atoms with van der Waals surface area (Å²) in [5.41, 5.74) is 4.70. The molecule has 2 nitrogen and oxygen atoms in total. The number of nitrogens with one attached hydrogen (secondary N) is 1. The van der Waals surface area contributed by atoms with Crippen molar-refractivity contribution in [3.8, 4) is 11.1 Å². The number of aromatic nitrogens is 1. The van der Waals surface area contributed by atoms with E-state index in [1.165, 1.54) is 0 Å². The molecule has 0 saturated heterocycles. The highest BCUT2D eigenvalue weighted by Crippen LogP contribution is 2.32. The highest BCUT2D eigenvalue weighted by atomic mass is 16.1. The van der Waals surface area contributed by atoms with E-state index in [1.807, 2.05) is 54.6 Å². The van der Waals surface area contributed by atoms with Crippen LogP contribution in [0.3, 0.4) is 0 Å². The van der Waals surface area contributed by atoms with Crippen molar-refractivity contribution < 1.29 is 4.79 Å². The van der Waals surface area contributed by atoms with Gasteiger partial charge in [-0.3, -0.25) is 4.79 Å². The molecule has 0 aliphatic carbocycles. The van der Waals surface area contributed by atoms with Crippen molar-refractivity contribution in [1.82, 2.24) is 4.98 Å². The monoisotopic (exact) mass is 271 g/mol. The van der Waals surface area contributed by atoms with Gasteiger partial charge < -0.3 is 4.98 Å². The molecule has 0 aliphatic rings. The summed E-state index contributed by atoms with van der Waals surface area (Å²) >= 11 is 0. The molecule has 21 heavy (non-hydrogen) atoms. The van der Waals surface area contributed by atoms with E-state index >= 15 is 0 Å². The summed E-state index contributed by atoms with van der Waals surface area (Å²) in [6.07, 6.45) is 0.944. The molecule has 100 valence electrons. The predicted octanol–water partition coefficient (Wildman–Crippen LogP) is 4.80. The van der Waals surface area contributed by atoms with Gasteiger partial charge in [-0.2, -0.15) is 0 Å². The molecule has 0 saturated carbocycles. The van der Waals surface area contributed by atoms with Crippen LogP contribution in [-0.2, 0) is 0 Å². The fourth-order valence-corrected chi connectivity index (χ4v) is 2.93. The van der Waals surface area contributed by atoms with E-state index in [9.17, 15) is 4.79 Å². The molecule has 3 aromatic carbocycles. The van der Waals surface area contributed by atoms with Gasteiger partial charge in [0.15, 0.2) is 6.29 Å². The molecule has 0 fully saturated rings. The fourth-order valence-electron chi connectivity index (χ4n) is 2.93. The van der Waals surface area contributed by atoms with Gasteiger partial charge in [-0.25, -0.2) is 0 Å². The Morgan fingerprint density at radius 3 is 2.33 bits per heavy atom. The van der Waals surface area contributed by atoms with E-state index in [4.69, 9.17) is 0 Å². The van der Waals surface area contributed by atoms with Crippen LogP contribution in [0.1, 0.15) is 10.4 Å². The second-order valence-electron chi connectivity index (χ2n) is 5.10. The molecule has 1 aromatic heterocycles. The zero-order valence-corrected chi connectivity index (χ0v) is 11.3. The Morgan fingerprint density at radius 1 is 0.762 bits per heavy atom. The van der Waals surface area contributed by atoms with E-state index in [2.05, 4.69) is 17.1 Å². The van der Waals surface area contributed by atoms with Crippen LogP contribution >= 0.6 is 0 Å². The molecule has 4 aromatic rings. The Labute approximate surface area is 122 Å². The number of hydrogen-bond acceptors (Lipinski definition) is 1. The second-order valence-corrected chi connectivity index (χ2v) is 5.10. The second kappa shape index (κ2) is 4.60. The SMILES string of the molecule is O=Cc1c(-c2ccccc2)ccc2c1[nH]c1ccccc12. The van der Waals surface area contributed by atoms with Crippen LogP contribution in [0.15, 0.2) is 66.7 Å². The van der Waals surface area contributed by atoms with Crippen molar-refractivity contribution in [2.75, 3.05) is 0 Å². The fraction of sp³-hybridized carbons (Fsp3) is 0. The minimum absolute atomic E-state index is 0.718. The lowest BCUT2D eigenvalue weighted by Gasteiger charge is -2.06. The van der Waals surface area contributed by atoms with Gasteiger partial charge in [0, 0.05) is 21.9 Å². The molecule has 1 N–H and O–H groups in total. The Kier molecular flexibility index (Phi) is 2.61. The standard InChI is InChI=1S/C19H13NO/c21-12-17-14(13-6-2-1-3-7-13)10-11-16-15-8-4-5-9-18(15)20-19(16)17/h1-12,20H. The summed E-state index contributed by atoms with van der Waals surface area (Å²) in [6, 6.07) is 22.2. The Morgan fingerprint density at radius 2 is 1.52 bits per heavy atom. The molecule has 0 aliphatic heterocycles. The first-order chi connectivity index (χ1) is 10.4. The molecule has 0 spiro atoms. The number of hydrogen-bond donors (Lipinski definition) is 1. The third kappa shape index (κ3) is 1.77. The number of para-hydroxylation sites is 1. The molecule has 0 atom stereocenters. The average Bonchev–Trinajstić information content (AvgIpc) is 2.93. The maximum atomic E-state index is 11.7. The number of carbonyl (C=O) groups excluding carboxylic acids is 1. The van der Waals surface area contributed by atoms with Crippen LogP contribution in [0.25, 0.3) is 32.9 Å². The van der Waals surface area contributed by atoms with Gasteiger partial charge in [0.05, 0.1) is 5.52 Å². The average molecular weight is 271 g/mol. The van der Waals surface area contributed by atoms with Gasteiger partial charge in [-0.1, -0.05) is 60.7 Å². The lowest BCUT2D eigenvalue weighted by Crippen LogP contribution is -1.89. The van der Waals surface area contributed by atoms with E-state index in [0.717, 1.165) is 44.8 Å². The highest BCUT2D eigenvalue weighted by molar-refractivity contribution is 6.14. The summed E-state index contributed by atoms with van der Waals surface area (Å²) in [5, 5.41) is 2.24. The van der Waals surface area contributed by atoms with Crippen molar-refractivity contribution in [3.63, 3.8) is 0 Å². The third-order valence-electron chi connectivity index (χ3n) is 3.93. The first-order valence-electron chi connectivity index (χ1n) is 6.92. The van der Waals surface area contributed by atoms with Crippen molar-refractivity contribution >= 4 is 28.1 Å². The molecule has 0 amide bonds. The highest BCUT2D eigenvalue weighted by Gasteiger charge is 2.12. The third-order valence-corrected chi connectivity index (χ3v) is 3.93. The van der Waals surface area contributed by atoms with E-state index < -0.39 is 0 Å². The zero-order valence-electron chi connectivity index (χ0n) is 11.3. The number of rotatable bonds is 2. The van der Waals surface area contributed by atoms with Crippen LogP contribution in [-0.4, -0.2) is 11.3 Å². The van der Waals surface area contributed by atoms with Gasteiger partial charge >= 0.3 is 0 Å². The number of aromatic amines is 1. The van der Waals surface area contributed by atoms with Crippen molar-refractivity contribution in [2.45, 2.75) is 0 Å². The molecular formula is C19H13NO. The van der Waals surface area contributed by atoms with Gasteiger partial charge in [0.1, 0.15) is 0 Å². The summed E-state index contributed by atoms with van der Waals surface area (Å²) in [4.78, 5) is 15.0. The van der Waals surface area contributed by atoms with Gasteiger partial charge in [0.25, 0.3) is 0 Å². The maximum Gasteiger partial charge on any atom is 0.152 e. The summed E-state index contributed by atoms with van der Waals surface area (Å²) in [5.74, 6) is 0. The minimum Gasteiger partial charge on any atom is -0.354 e. The van der Waals surface area contributed by atoms with E-state index in [1.54, 1.807) is 0 Å². The lowest BCUT2D eigenvalue weighted by atomic mass is 9.98. The Hall–Kier alpha value is -2.87. The number of H-pyrrole nitrogens is 1. The number of fused-ring (bicyclic) bond motifs is 3. The van der Waals surface area contributed by atoms with Crippen LogP contribution in [0.2, 0.25) is 0 Å². The molecule has 0 unspecified atom stereocenters. The summed E-state index contributed by atoms with van der Waals surface area (Å²) in [7, 11) is 0. The summed E-state index contributed by atoms with van der Waals surface area (Å²) < 4.78 is 0.